The minimum atomic E-state index is 0.209. The van der Waals surface area contributed by atoms with Crippen LogP contribution in [0.1, 0.15) is 25.3 Å². The van der Waals surface area contributed by atoms with Crippen LogP contribution in [0.25, 0.3) is 0 Å². The van der Waals surface area contributed by atoms with E-state index in [4.69, 9.17) is 22.1 Å². The molecule has 0 spiro atoms. The number of aromatic amines is 1. The van der Waals surface area contributed by atoms with Crippen molar-refractivity contribution in [3.8, 4) is 0 Å². The third kappa shape index (κ3) is 5.57. The molecule has 27 heavy (non-hydrogen) atoms. The van der Waals surface area contributed by atoms with Gasteiger partial charge in [0.05, 0.1) is 6.10 Å². The lowest BCUT2D eigenvalue weighted by atomic mass is 10.0. The van der Waals surface area contributed by atoms with Gasteiger partial charge in [0.2, 0.25) is 11.9 Å². The second-order valence-electron chi connectivity index (χ2n) is 7.16. The van der Waals surface area contributed by atoms with E-state index in [2.05, 4.69) is 44.0 Å². The summed E-state index contributed by atoms with van der Waals surface area (Å²) in [5.74, 6) is 1.06. The molecule has 3 N–H and O–H groups in total. The first-order valence-corrected chi connectivity index (χ1v) is 9.87. The van der Waals surface area contributed by atoms with Gasteiger partial charge in [0, 0.05) is 44.4 Å². The van der Waals surface area contributed by atoms with Crippen molar-refractivity contribution in [3.63, 3.8) is 0 Å². The smallest absolute Gasteiger partial charge is 0.246 e. The highest BCUT2D eigenvalue weighted by Gasteiger charge is 2.27. The molecule has 3 rings (SSSR count). The summed E-state index contributed by atoms with van der Waals surface area (Å²) in [7, 11) is 1.78. The Bertz CT molecular complexity index is 698. The normalized spacial score (nSPS) is 16.8. The number of H-pyrrole nitrogens is 1. The van der Waals surface area contributed by atoms with Gasteiger partial charge < -0.3 is 15.4 Å². The molecule has 1 aliphatic heterocycles. The van der Waals surface area contributed by atoms with E-state index in [1.165, 1.54) is 5.56 Å². The summed E-state index contributed by atoms with van der Waals surface area (Å²) in [6.07, 6.45) is 3.36. The molecule has 2 heterocycles. The Morgan fingerprint density at radius 2 is 2.04 bits per heavy atom. The fraction of sp³-hybridized carbons (Fsp3) is 0.579. The first-order valence-electron chi connectivity index (χ1n) is 9.49. The number of nitrogens with zero attached hydrogens (tertiary/aromatic N) is 4. The Morgan fingerprint density at radius 3 is 2.63 bits per heavy atom. The number of anilines is 2. The van der Waals surface area contributed by atoms with Crippen LogP contribution in [-0.2, 0) is 11.2 Å². The molecule has 8 heteroatoms. The van der Waals surface area contributed by atoms with E-state index in [-0.39, 0.29) is 6.10 Å². The standard InChI is InChI=1S/C19H29ClN6O/c1-14(27-2)13-26(10-7-15-3-5-16(20)6-4-15)17-8-11-25(12-9-17)19-22-18(21)23-24-19/h3-6,14,17H,7-13H2,1-2H3,(H3,21,22,23,24)/t14-/m1/s1. The molecule has 1 fully saturated rings. The Balaban J connectivity index is 1.58. The van der Waals surface area contributed by atoms with Crippen molar-refractivity contribution in [2.24, 2.45) is 0 Å². The average Bonchev–Trinajstić information content (AvgIpc) is 3.12. The monoisotopic (exact) mass is 392 g/mol. The molecule has 1 aromatic heterocycles. The van der Waals surface area contributed by atoms with Crippen LogP contribution in [0, 0.1) is 0 Å². The Kier molecular flexibility index (Phi) is 6.93. The van der Waals surface area contributed by atoms with Gasteiger partial charge in [-0.1, -0.05) is 23.7 Å². The van der Waals surface area contributed by atoms with Gasteiger partial charge in [0.15, 0.2) is 0 Å². The Labute approximate surface area is 165 Å². The van der Waals surface area contributed by atoms with Gasteiger partial charge >= 0.3 is 0 Å². The van der Waals surface area contributed by atoms with E-state index in [0.717, 1.165) is 50.5 Å². The molecule has 1 saturated heterocycles. The second-order valence-corrected chi connectivity index (χ2v) is 7.59. The molecule has 0 bridgehead atoms. The summed E-state index contributed by atoms with van der Waals surface area (Å²) in [5.41, 5.74) is 6.96. The van der Waals surface area contributed by atoms with Crippen LogP contribution in [0.15, 0.2) is 24.3 Å². The lowest BCUT2D eigenvalue weighted by Gasteiger charge is -2.39. The van der Waals surface area contributed by atoms with Crippen molar-refractivity contribution < 1.29 is 4.74 Å². The number of piperidine rings is 1. The number of hydrogen-bond acceptors (Lipinski definition) is 6. The molecule has 0 saturated carbocycles. The van der Waals surface area contributed by atoms with Gasteiger partial charge in [-0.05, 0) is 43.9 Å². The van der Waals surface area contributed by atoms with Gasteiger partial charge in [0.1, 0.15) is 0 Å². The summed E-state index contributed by atoms with van der Waals surface area (Å²) < 4.78 is 5.52. The van der Waals surface area contributed by atoms with E-state index in [1.54, 1.807) is 7.11 Å². The van der Waals surface area contributed by atoms with Crippen molar-refractivity contribution >= 4 is 23.5 Å². The molecule has 0 unspecified atom stereocenters. The molecule has 1 atom stereocenters. The molecule has 0 aliphatic carbocycles. The number of halogens is 1. The van der Waals surface area contributed by atoms with Crippen molar-refractivity contribution in [1.82, 2.24) is 20.1 Å². The summed E-state index contributed by atoms with van der Waals surface area (Å²) in [5, 5.41) is 7.67. The first kappa shape index (κ1) is 19.9. The number of rotatable bonds is 8. The predicted molar refractivity (Wildman–Crippen MR) is 109 cm³/mol. The summed E-state index contributed by atoms with van der Waals surface area (Å²) in [6.45, 7) is 5.93. The van der Waals surface area contributed by atoms with E-state index < -0.39 is 0 Å². The minimum Gasteiger partial charge on any atom is -0.380 e. The molecular formula is C19H29ClN6O. The van der Waals surface area contributed by atoms with Crippen LogP contribution in [0.3, 0.4) is 0 Å². The van der Waals surface area contributed by atoms with Crippen LogP contribution >= 0.6 is 11.6 Å². The lowest BCUT2D eigenvalue weighted by molar-refractivity contribution is 0.0543. The summed E-state index contributed by atoms with van der Waals surface area (Å²) in [4.78, 5) is 9.00. The maximum absolute atomic E-state index is 6.00. The third-order valence-electron chi connectivity index (χ3n) is 5.25. The maximum Gasteiger partial charge on any atom is 0.246 e. The van der Waals surface area contributed by atoms with Crippen LogP contribution in [0.4, 0.5) is 11.9 Å². The number of ether oxygens (including phenoxy) is 1. The highest BCUT2D eigenvalue weighted by Crippen LogP contribution is 2.21. The molecule has 1 aromatic carbocycles. The number of nitrogens with one attached hydrogen (secondary N) is 1. The molecule has 148 valence electrons. The first-order chi connectivity index (χ1) is 13.0. The molecule has 2 aromatic rings. The van der Waals surface area contributed by atoms with Gasteiger partial charge in [0.25, 0.3) is 0 Å². The van der Waals surface area contributed by atoms with Crippen LogP contribution in [-0.4, -0.2) is 65.5 Å². The van der Waals surface area contributed by atoms with Crippen molar-refractivity contribution in [2.45, 2.75) is 38.3 Å². The SMILES string of the molecule is CO[C@H](C)CN(CCc1ccc(Cl)cc1)C1CCN(c2n[nH]c(N)n2)CC1. The van der Waals surface area contributed by atoms with Crippen LogP contribution in [0.2, 0.25) is 5.02 Å². The van der Waals surface area contributed by atoms with Crippen LogP contribution in [0.5, 0.6) is 0 Å². The number of benzene rings is 1. The van der Waals surface area contributed by atoms with Gasteiger partial charge in [-0.25, -0.2) is 5.10 Å². The number of aromatic nitrogens is 3. The largest absolute Gasteiger partial charge is 0.380 e. The van der Waals surface area contributed by atoms with E-state index in [1.807, 2.05) is 12.1 Å². The number of hydrogen-bond donors (Lipinski definition) is 2. The fourth-order valence-corrected chi connectivity index (χ4v) is 3.71. The number of methoxy groups -OCH3 is 1. The van der Waals surface area contributed by atoms with Crippen molar-refractivity contribution in [2.75, 3.05) is 43.9 Å². The van der Waals surface area contributed by atoms with E-state index in [9.17, 15) is 0 Å². The zero-order valence-electron chi connectivity index (χ0n) is 16.1. The van der Waals surface area contributed by atoms with Crippen LogP contribution < -0.4 is 10.6 Å². The molecule has 0 radical (unpaired) electrons. The quantitative estimate of drug-likeness (QED) is 0.718. The summed E-state index contributed by atoms with van der Waals surface area (Å²) in [6, 6.07) is 8.66. The van der Waals surface area contributed by atoms with Crippen molar-refractivity contribution in [1.29, 1.82) is 0 Å². The molecule has 0 amide bonds. The van der Waals surface area contributed by atoms with Crippen molar-refractivity contribution in [3.05, 3.63) is 34.9 Å². The van der Waals surface area contributed by atoms with Gasteiger partial charge in [-0.2, -0.15) is 4.98 Å². The minimum absolute atomic E-state index is 0.209. The number of nitrogen functional groups attached to an aromatic ring is 1. The van der Waals surface area contributed by atoms with Gasteiger partial charge in [-0.15, -0.1) is 5.10 Å². The van der Waals surface area contributed by atoms with Gasteiger partial charge in [-0.3, -0.25) is 4.90 Å². The molecule has 7 nitrogen and oxygen atoms in total. The van der Waals surface area contributed by atoms with E-state index in [0.29, 0.717) is 17.9 Å². The Morgan fingerprint density at radius 1 is 1.33 bits per heavy atom. The molecular weight excluding hydrogens is 364 g/mol. The maximum atomic E-state index is 6.00. The number of nitrogens with two attached hydrogens (primary N) is 1. The topological polar surface area (TPSA) is 83.3 Å². The Hall–Kier alpha value is -1.83. The third-order valence-corrected chi connectivity index (χ3v) is 5.50. The highest BCUT2D eigenvalue weighted by atomic mass is 35.5. The zero-order valence-corrected chi connectivity index (χ0v) is 16.8. The molecule has 1 aliphatic rings. The average molecular weight is 393 g/mol. The highest BCUT2D eigenvalue weighted by molar-refractivity contribution is 6.30. The fourth-order valence-electron chi connectivity index (χ4n) is 3.59. The second kappa shape index (κ2) is 9.39. The van der Waals surface area contributed by atoms with E-state index >= 15 is 0 Å². The predicted octanol–water partition coefficient (Wildman–Crippen LogP) is 2.59. The lowest BCUT2D eigenvalue weighted by Crippen LogP contribution is -2.48. The zero-order chi connectivity index (χ0) is 19.2. The summed E-state index contributed by atoms with van der Waals surface area (Å²) >= 11 is 6.00.